The van der Waals surface area contributed by atoms with Gasteiger partial charge in [-0.25, -0.2) is 4.39 Å². The molecule has 112 valence electrons. The van der Waals surface area contributed by atoms with Crippen LogP contribution in [-0.4, -0.2) is 13.1 Å². The average Bonchev–Trinajstić information content (AvgIpc) is 2.48. The Morgan fingerprint density at radius 3 is 2.55 bits per heavy atom. The number of nitrogens with one attached hydrogen (secondary N) is 1. The second kappa shape index (κ2) is 7.42. The van der Waals surface area contributed by atoms with E-state index in [1.807, 2.05) is 13.1 Å². The molecule has 1 unspecified atom stereocenters. The molecule has 0 heterocycles. The second-order valence-electron chi connectivity index (χ2n) is 6.04. The van der Waals surface area contributed by atoms with E-state index in [-0.39, 0.29) is 10.8 Å². The van der Waals surface area contributed by atoms with Gasteiger partial charge < -0.3 is 5.32 Å². The number of hydrogen-bond donors (Lipinski definition) is 1. The number of halogens is 2. The molecular formula is C17H25ClFN. The van der Waals surface area contributed by atoms with Crippen LogP contribution in [0.5, 0.6) is 0 Å². The van der Waals surface area contributed by atoms with E-state index in [4.69, 9.17) is 11.6 Å². The lowest BCUT2D eigenvalue weighted by Gasteiger charge is -2.33. The number of benzene rings is 1. The molecule has 0 aromatic heterocycles. The minimum atomic E-state index is -0.333. The summed E-state index contributed by atoms with van der Waals surface area (Å²) in [6.07, 6.45) is 7.55. The molecule has 0 aliphatic heterocycles. The molecule has 1 atom stereocenters. The Bertz CT molecular complexity index is 427. The van der Waals surface area contributed by atoms with Crippen LogP contribution in [0, 0.1) is 17.7 Å². The summed E-state index contributed by atoms with van der Waals surface area (Å²) in [6.45, 7) is 2.29. The number of hydrogen-bond acceptors (Lipinski definition) is 1. The van der Waals surface area contributed by atoms with Crippen LogP contribution in [0.1, 0.15) is 44.6 Å². The van der Waals surface area contributed by atoms with Crippen molar-refractivity contribution >= 4 is 11.6 Å². The van der Waals surface area contributed by atoms with Gasteiger partial charge in [0.2, 0.25) is 0 Å². The molecule has 1 aromatic rings. The van der Waals surface area contributed by atoms with Crippen molar-refractivity contribution in [2.24, 2.45) is 11.8 Å². The summed E-state index contributed by atoms with van der Waals surface area (Å²) in [5.41, 5.74) is 1.12. The molecule has 2 rings (SSSR count). The smallest absolute Gasteiger partial charge is 0.141 e. The molecule has 0 bridgehead atoms. The van der Waals surface area contributed by atoms with Gasteiger partial charge in [0.15, 0.2) is 0 Å². The van der Waals surface area contributed by atoms with Gasteiger partial charge in [-0.1, -0.05) is 43.9 Å². The zero-order valence-electron chi connectivity index (χ0n) is 12.5. The largest absolute Gasteiger partial charge is 0.316 e. The summed E-state index contributed by atoms with van der Waals surface area (Å²) in [5.74, 6) is 1.32. The van der Waals surface area contributed by atoms with Gasteiger partial charge >= 0.3 is 0 Å². The number of likely N-dealkylation sites (N-methyl/N-ethyl adjacent to an activating group) is 1. The molecule has 1 aromatic carbocycles. The molecule has 20 heavy (non-hydrogen) atoms. The fourth-order valence-corrected chi connectivity index (χ4v) is 3.63. The van der Waals surface area contributed by atoms with E-state index in [1.54, 1.807) is 6.07 Å². The predicted molar refractivity (Wildman–Crippen MR) is 83.7 cm³/mol. The van der Waals surface area contributed by atoms with Gasteiger partial charge in [0, 0.05) is 6.04 Å². The highest BCUT2D eigenvalue weighted by molar-refractivity contribution is 6.30. The fraction of sp³-hybridized carbons (Fsp3) is 0.647. The first-order valence-electron chi connectivity index (χ1n) is 7.75. The van der Waals surface area contributed by atoms with Gasteiger partial charge in [0.05, 0.1) is 5.02 Å². The maximum Gasteiger partial charge on any atom is 0.141 e. The highest BCUT2D eigenvalue weighted by atomic mass is 35.5. The topological polar surface area (TPSA) is 12.0 Å². The van der Waals surface area contributed by atoms with Crippen molar-refractivity contribution in [3.05, 3.63) is 34.6 Å². The number of rotatable bonds is 5. The molecule has 0 spiro atoms. The van der Waals surface area contributed by atoms with Gasteiger partial charge in [0.1, 0.15) is 5.82 Å². The van der Waals surface area contributed by atoms with Gasteiger partial charge in [-0.05, 0) is 55.8 Å². The highest BCUT2D eigenvalue weighted by Crippen LogP contribution is 2.33. The lowest BCUT2D eigenvalue weighted by Crippen LogP contribution is -2.37. The van der Waals surface area contributed by atoms with E-state index < -0.39 is 0 Å². The van der Waals surface area contributed by atoms with Crippen LogP contribution in [0.4, 0.5) is 4.39 Å². The third-order valence-corrected chi connectivity index (χ3v) is 5.14. The van der Waals surface area contributed by atoms with E-state index in [0.29, 0.717) is 6.04 Å². The fourth-order valence-electron chi connectivity index (χ4n) is 3.42. The second-order valence-corrected chi connectivity index (χ2v) is 6.44. The van der Waals surface area contributed by atoms with Crippen LogP contribution >= 0.6 is 11.6 Å². The molecule has 1 aliphatic rings. The molecular weight excluding hydrogens is 273 g/mol. The van der Waals surface area contributed by atoms with E-state index in [1.165, 1.54) is 38.2 Å². The quantitative estimate of drug-likeness (QED) is 0.821. The van der Waals surface area contributed by atoms with Crippen molar-refractivity contribution in [1.29, 1.82) is 0 Å². The molecule has 1 aliphatic carbocycles. The van der Waals surface area contributed by atoms with Crippen LogP contribution in [0.15, 0.2) is 18.2 Å². The van der Waals surface area contributed by atoms with E-state index in [9.17, 15) is 4.39 Å². The molecule has 1 saturated carbocycles. The molecule has 1 fully saturated rings. The van der Waals surface area contributed by atoms with Crippen LogP contribution in [0.3, 0.4) is 0 Å². The van der Waals surface area contributed by atoms with E-state index in [2.05, 4.69) is 12.2 Å². The lowest BCUT2D eigenvalue weighted by molar-refractivity contribution is 0.222. The zero-order chi connectivity index (χ0) is 14.5. The third-order valence-electron chi connectivity index (χ3n) is 4.85. The average molecular weight is 298 g/mol. The van der Waals surface area contributed by atoms with Gasteiger partial charge in [-0.15, -0.1) is 0 Å². The van der Waals surface area contributed by atoms with Crippen LogP contribution < -0.4 is 5.32 Å². The lowest BCUT2D eigenvalue weighted by atomic mass is 9.76. The molecule has 0 saturated heterocycles. The van der Waals surface area contributed by atoms with E-state index in [0.717, 1.165) is 23.8 Å². The zero-order valence-corrected chi connectivity index (χ0v) is 13.2. The Balaban J connectivity index is 1.96. The van der Waals surface area contributed by atoms with Crippen LogP contribution in [-0.2, 0) is 6.42 Å². The van der Waals surface area contributed by atoms with Crippen molar-refractivity contribution in [2.45, 2.75) is 51.5 Å². The Labute approximate surface area is 126 Å². The van der Waals surface area contributed by atoms with Crippen LogP contribution in [0.25, 0.3) is 0 Å². The molecule has 1 N–H and O–H groups in total. The normalized spacial score (nSPS) is 24.6. The highest BCUT2D eigenvalue weighted by Gasteiger charge is 2.26. The van der Waals surface area contributed by atoms with Crippen molar-refractivity contribution in [1.82, 2.24) is 5.32 Å². The first-order chi connectivity index (χ1) is 9.63. The Kier molecular flexibility index (Phi) is 5.86. The standard InChI is InChI=1S/C17H25ClFN/c1-3-12-4-7-14(8-5-12)17(20-2)11-13-6-9-16(19)15(18)10-13/h6,9-10,12,14,17,20H,3-5,7-8,11H2,1-2H3. The van der Waals surface area contributed by atoms with Crippen molar-refractivity contribution in [2.75, 3.05) is 7.05 Å². The van der Waals surface area contributed by atoms with E-state index >= 15 is 0 Å². The maximum absolute atomic E-state index is 13.2. The third kappa shape index (κ3) is 3.95. The van der Waals surface area contributed by atoms with Gasteiger partial charge in [-0.3, -0.25) is 0 Å². The first kappa shape index (κ1) is 15.8. The molecule has 0 radical (unpaired) electrons. The van der Waals surface area contributed by atoms with Crippen molar-refractivity contribution in [3.8, 4) is 0 Å². The Morgan fingerprint density at radius 1 is 1.30 bits per heavy atom. The van der Waals surface area contributed by atoms with Crippen LogP contribution in [0.2, 0.25) is 5.02 Å². The minimum Gasteiger partial charge on any atom is -0.316 e. The molecule has 3 heteroatoms. The van der Waals surface area contributed by atoms with Gasteiger partial charge in [-0.2, -0.15) is 0 Å². The molecule has 1 nitrogen and oxygen atoms in total. The van der Waals surface area contributed by atoms with Crippen molar-refractivity contribution in [3.63, 3.8) is 0 Å². The summed E-state index contributed by atoms with van der Waals surface area (Å²) in [4.78, 5) is 0. The summed E-state index contributed by atoms with van der Waals surface area (Å²) in [5, 5.41) is 3.68. The Hall–Kier alpha value is -0.600. The summed E-state index contributed by atoms with van der Waals surface area (Å²) >= 11 is 5.87. The Morgan fingerprint density at radius 2 is 2.00 bits per heavy atom. The predicted octanol–water partition coefficient (Wildman–Crippen LogP) is 4.83. The minimum absolute atomic E-state index is 0.229. The molecule has 0 amide bonds. The van der Waals surface area contributed by atoms with Crippen molar-refractivity contribution < 1.29 is 4.39 Å². The SMILES string of the molecule is CCC1CCC(C(Cc2ccc(F)c(Cl)c2)NC)CC1. The first-order valence-corrected chi connectivity index (χ1v) is 8.13. The summed E-state index contributed by atoms with van der Waals surface area (Å²) < 4.78 is 13.2. The maximum atomic E-state index is 13.2. The summed E-state index contributed by atoms with van der Waals surface area (Å²) in [7, 11) is 2.03. The summed E-state index contributed by atoms with van der Waals surface area (Å²) in [6, 6.07) is 5.55. The monoisotopic (exact) mass is 297 g/mol. The van der Waals surface area contributed by atoms with Gasteiger partial charge in [0.25, 0.3) is 0 Å².